The molecule has 0 bridgehead atoms. The van der Waals surface area contributed by atoms with E-state index in [0.29, 0.717) is 23.5 Å². The zero-order chi connectivity index (χ0) is 17.1. The first-order valence-electron chi connectivity index (χ1n) is 8.20. The quantitative estimate of drug-likeness (QED) is 0.831. The second kappa shape index (κ2) is 7.44. The number of carbonyl (C=O) groups excluding carboxylic acids is 1. The van der Waals surface area contributed by atoms with Gasteiger partial charge in [-0.15, -0.1) is 0 Å². The average Bonchev–Trinajstić information content (AvgIpc) is 2.55. The summed E-state index contributed by atoms with van der Waals surface area (Å²) >= 11 is 3.37. The highest BCUT2D eigenvalue weighted by atomic mass is 79.9. The third kappa shape index (κ3) is 4.02. The van der Waals surface area contributed by atoms with E-state index in [1.54, 1.807) is 12.1 Å². The topological polar surface area (TPSA) is 76.0 Å². The number of fused-ring (bicyclic) bond motifs is 1. The van der Waals surface area contributed by atoms with Gasteiger partial charge in [0.2, 0.25) is 5.91 Å². The Morgan fingerprint density at radius 2 is 2.33 bits per heavy atom. The van der Waals surface area contributed by atoms with Crippen molar-refractivity contribution in [3.8, 4) is 0 Å². The number of hydrogen-bond donors (Lipinski definition) is 2. The van der Waals surface area contributed by atoms with Crippen LogP contribution in [0.1, 0.15) is 26.2 Å². The highest BCUT2D eigenvalue weighted by Gasteiger charge is 2.19. The maximum Gasteiger partial charge on any atom is 0.261 e. The number of benzene rings is 1. The summed E-state index contributed by atoms with van der Waals surface area (Å²) in [5.74, 6) is -0.0182. The van der Waals surface area contributed by atoms with Crippen LogP contribution in [-0.4, -0.2) is 34.1 Å². The summed E-state index contributed by atoms with van der Waals surface area (Å²) in [7, 11) is 0. The zero-order valence-corrected chi connectivity index (χ0v) is 15.2. The molecule has 0 radical (unpaired) electrons. The van der Waals surface area contributed by atoms with Gasteiger partial charge in [0.05, 0.1) is 17.2 Å². The Labute approximate surface area is 148 Å². The number of nitrogens with one attached hydrogen (secondary N) is 2. The molecule has 2 heterocycles. The minimum Gasteiger partial charge on any atom is -0.353 e. The Bertz CT molecular complexity index is 805. The molecule has 1 aromatic carbocycles. The first kappa shape index (κ1) is 17.1. The third-order valence-corrected chi connectivity index (χ3v) is 4.85. The Kier molecular flexibility index (Phi) is 5.30. The van der Waals surface area contributed by atoms with E-state index >= 15 is 0 Å². The van der Waals surface area contributed by atoms with Crippen molar-refractivity contribution in [1.29, 1.82) is 0 Å². The smallest absolute Gasteiger partial charge is 0.261 e. The van der Waals surface area contributed by atoms with Crippen molar-refractivity contribution in [2.24, 2.45) is 0 Å². The van der Waals surface area contributed by atoms with Gasteiger partial charge in [0.1, 0.15) is 0 Å². The largest absolute Gasteiger partial charge is 0.353 e. The first-order chi connectivity index (χ1) is 11.5. The number of aryl methyl sites for hydroxylation is 1. The standard InChI is InChI=1S/C17H21BrN4O2/c1-11-8-13(4-6-19-11)21-16(23)5-7-22-10-20-15-3-2-12(18)9-14(15)17(22)24/h2-3,9-11,13,19H,4-8H2,1H3,(H,21,23). The van der Waals surface area contributed by atoms with E-state index in [1.807, 2.05) is 6.07 Å². The van der Waals surface area contributed by atoms with E-state index in [9.17, 15) is 9.59 Å². The fraction of sp³-hybridized carbons (Fsp3) is 0.471. The van der Waals surface area contributed by atoms with Crippen molar-refractivity contribution in [3.05, 3.63) is 39.4 Å². The molecule has 0 aliphatic carbocycles. The Morgan fingerprint density at radius 1 is 1.50 bits per heavy atom. The van der Waals surface area contributed by atoms with Crippen LogP contribution in [-0.2, 0) is 11.3 Å². The molecule has 24 heavy (non-hydrogen) atoms. The predicted molar refractivity (Wildman–Crippen MR) is 96.9 cm³/mol. The molecule has 1 saturated heterocycles. The molecule has 128 valence electrons. The van der Waals surface area contributed by atoms with Crippen LogP contribution < -0.4 is 16.2 Å². The molecule has 2 N–H and O–H groups in total. The van der Waals surface area contributed by atoms with E-state index in [-0.39, 0.29) is 23.9 Å². The van der Waals surface area contributed by atoms with E-state index in [1.165, 1.54) is 10.9 Å². The maximum absolute atomic E-state index is 12.5. The summed E-state index contributed by atoms with van der Waals surface area (Å²) in [5.41, 5.74) is 0.539. The van der Waals surface area contributed by atoms with Crippen molar-refractivity contribution in [1.82, 2.24) is 20.2 Å². The number of hydrogen-bond acceptors (Lipinski definition) is 4. The van der Waals surface area contributed by atoms with Crippen LogP contribution in [0.25, 0.3) is 10.9 Å². The van der Waals surface area contributed by atoms with E-state index in [2.05, 4.69) is 38.5 Å². The zero-order valence-electron chi connectivity index (χ0n) is 13.6. The van der Waals surface area contributed by atoms with Crippen molar-refractivity contribution >= 4 is 32.7 Å². The Hall–Kier alpha value is -1.73. The third-order valence-electron chi connectivity index (χ3n) is 4.35. The molecular weight excluding hydrogens is 372 g/mol. The van der Waals surface area contributed by atoms with Gasteiger partial charge in [-0.2, -0.15) is 0 Å². The molecule has 1 fully saturated rings. The summed E-state index contributed by atoms with van der Waals surface area (Å²) < 4.78 is 2.34. The molecule has 2 unspecified atom stereocenters. The second-order valence-corrected chi connectivity index (χ2v) is 7.21. The Morgan fingerprint density at radius 3 is 3.12 bits per heavy atom. The molecule has 3 rings (SSSR count). The van der Waals surface area contributed by atoms with Crippen LogP contribution >= 0.6 is 15.9 Å². The maximum atomic E-state index is 12.5. The summed E-state index contributed by atoms with van der Waals surface area (Å²) in [6, 6.07) is 6.06. The van der Waals surface area contributed by atoms with Crippen LogP contribution in [0.2, 0.25) is 0 Å². The lowest BCUT2D eigenvalue weighted by molar-refractivity contribution is -0.122. The monoisotopic (exact) mass is 392 g/mol. The van der Waals surface area contributed by atoms with Crippen LogP contribution in [0.3, 0.4) is 0 Å². The number of piperidine rings is 1. The van der Waals surface area contributed by atoms with Crippen LogP contribution in [0.4, 0.5) is 0 Å². The SMILES string of the molecule is CC1CC(NC(=O)CCn2cnc3ccc(Br)cc3c2=O)CCN1. The number of rotatable bonds is 4. The lowest BCUT2D eigenvalue weighted by Crippen LogP contribution is -2.46. The molecule has 1 aromatic heterocycles. The fourth-order valence-corrected chi connectivity index (χ4v) is 3.44. The van der Waals surface area contributed by atoms with Gasteiger partial charge in [-0.05, 0) is 44.5 Å². The van der Waals surface area contributed by atoms with Gasteiger partial charge in [-0.1, -0.05) is 15.9 Å². The second-order valence-electron chi connectivity index (χ2n) is 6.30. The highest BCUT2D eigenvalue weighted by molar-refractivity contribution is 9.10. The van der Waals surface area contributed by atoms with E-state index in [4.69, 9.17) is 0 Å². The summed E-state index contributed by atoms with van der Waals surface area (Å²) in [5, 5.41) is 6.98. The van der Waals surface area contributed by atoms with Crippen LogP contribution in [0, 0.1) is 0 Å². The van der Waals surface area contributed by atoms with Gasteiger partial charge in [-0.3, -0.25) is 14.2 Å². The number of halogens is 1. The van der Waals surface area contributed by atoms with Crippen molar-refractivity contribution in [3.63, 3.8) is 0 Å². The van der Waals surface area contributed by atoms with Crippen LogP contribution in [0.5, 0.6) is 0 Å². The van der Waals surface area contributed by atoms with Gasteiger partial charge in [0.25, 0.3) is 5.56 Å². The first-order valence-corrected chi connectivity index (χ1v) is 8.99. The predicted octanol–water partition coefficient (Wildman–Crippen LogP) is 1.81. The number of aromatic nitrogens is 2. The molecule has 2 aromatic rings. The fourth-order valence-electron chi connectivity index (χ4n) is 3.08. The summed E-state index contributed by atoms with van der Waals surface area (Å²) in [6.45, 7) is 3.38. The minimum absolute atomic E-state index is 0.0182. The van der Waals surface area contributed by atoms with Gasteiger partial charge in [0.15, 0.2) is 0 Å². The summed E-state index contributed by atoms with van der Waals surface area (Å²) in [4.78, 5) is 28.9. The van der Waals surface area contributed by atoms with E-state index < -0.39 is 0 Å². The number of carbonyl (C=O) groups is 1. The molecule has 0 saturated carbocycles. The highest BCUT2D eigenvalue weighted by Crippen LogP contribution is 2.15. The minimum atomic E-state index is -0.121. The van der Waals surface area contributed by atoms with Crippen LogP contribution in [0.15, 0.2) is 33.8 Å². The number of amides is 1. The molecule has 7 heteroatoms. The molecule has 2 atom stereocenters. The average molecular weight is 393 g/mol. The number of nitrogens with zero attached hydrogens (tertiary/aromatic N) is 2. The van der Waals surface area contributed by atoms with Crippen molar-refractivity contribution < 1.29 is 4.79 Å². The molecule has 1 amide bonds. The Balaban J connectivity index is 1.64. The van der Waals surface area contributed by atoms with Gasteiger partial charge < -0.3 is 10.6 Å². The van der Waals surface area contributed by atoms with E-state index in [0.717, 1.165) is 23.9 Å². The van der Waals surface area contributed by atoms with Gasteiger partial charge >= 0.3 is 0 Å². The van der Waals surface area contributed by atoms with Gasteiger partial charge in [-0.25, -0.2) is 4.98 Å². The lowest BCUT2D eigenvalue weighted by atomic mass is 10.0. The molecule has 6 nitrogen and oxygen atoms in total. The van der Waals surface area contributed by atoms with Crippen molar-refractivity contribution in [2.75, 3.05) is 6.54 Å². The molecule has 1 aliphatic rings. The normalized spacial score (nSPS) is 20.9. The lowest BCUT2D eigenvalue weighted by Gasteiger charge is -2.28. The molecule has 0 spiro atoms. The molecule has 1 aliphatic heterocycles. The van der Waals surface area contributed by atoms with Gasteiger partial charge in [0, 0.05) is 29.5 Å². The van der Waals surface area contributed by atoms with Crippen molar-refractivity contribution in [2.45, 2.75) is 44.8 Å². The molecular formula is C17H21BrN4O2. The summed E-state index contributed by atoms with van der Waals surface area (Å²) in [6.07, 6.45) is 3.68.